The number of carbonyl (C=O) groups is 2. The first-order chi connectivity index (χ1) is 8.20. The summed E-state index contributed by atoms with van der Waals surface area (Å²) in [5.41, 5.74) is 0. The van der Waals surface area contributed by atoms with Gasteiger partial charge < -0.3 is 19.5 Å². The molecule has 17 heavy (non-hydrogen) atoms. The monoisotopic (exact) mass is 243 g/mol. The Kier molecular flexibility index (Phi) is 6.27. The molecule has 0 aromatic rings. The minimum atomic E-state index is -0.869. The normalized spacial score (nSPS) is 14.6. The molecule has 1 amide bonds. The van der Waals surface area contributed by atoms with Gasteiger partial charge in [-0.25, -0.2) is 0 Å². The second-order valence-electron chi connectivity index (χ2n) is 3.56. The average molecular weight is 243 g/mol. The minimum absolute atomic E-state index is 0.00789. The third-order valence-electron chi connectivity index (χ3n) is 2.24. The first-order valence-corrected chi connectivity index (χ1v) is 5.53. The van der Waals surface area contributed by atoms with Gasteiger partial charge in [0.05, 0.1) is 32.8 Å². The van der Waals surface area contributed by atoms with Crippen LogP contribution in [0.3, 0.4) is 0 Å². The number of carboxylic acids is 1. The zero-order valence-corrected chi connectivity index (χ0v) is 9.63. The topological polar surface area (TPSA) is 76.1 Å². The quantitative estimate of drug-likeness (QED) is 0.572. The van der Waals surface area contributed by atoms with Crippen LogP contribution in [-0.4, -0.2) is 61.4 Å². The van der Waals surface area contributed by atoms with Gasteiger partial charge in [-0.2, -0.15) is 0 Å². The van der Waals surface area contributed by atoms with Crippen LogP contribution >= 0.6 is 0 Å². The van der Waals surface area contributed by atoms with Crippen LogP contribution in [0.5, 0.6) is 0 Å². The van der Waals surface area contributed by atoms with E-state index in [1.54, 1.807) is 11.0 Å². The summed E-state index contributed by atoms with van der Waals surface area (Å²) in [6.07, 6.45) is 3.38. The van der Waals surface area contributed by atoms with E-state index in [1.165, 1.54) is 0 Å². The number of carbonyl (C=O) groups excluding carboxylic acids is 1. The van der Waals surface area contributed by atoms with Crippen molar-refractivity contribution < 1.29 is 24.2 Å². The summed E-state index contributed by atoms with van der Waals surface area (Å²) in [5, 5.41) is 8.35. The number of hydrogen-bond acceptors (Lipinski definition) is 4. The maximum atomic E-state index is 11.1. The van der Waals surface area contributed by atoms with E-state index in [0.29, 0.717) is 32.9 Å². The van der Waals surface area contributed by atoms with Crippen LogP contribution in [0.4, 0.5) is 0 Å². The van der Waals surface area contributed by atoms with E-state index in [2.05, 4.69) is 0 Å². The summed E-state index contributed by atoms with van der Waals surface area (Å²) >= 11 is 0. The van der Waals surface area contributed by atoms with Crippen LogP contribution in [0.1, 0.15) is 6.42 Å². The molecule has 0 fully saturated rings. The van der Waals surface area contributed by atoms with Crippen LogP contribution < -0.4 is 0 Å². The van der Waals surface area contributed by atoms with Gasteiger partial charge in [-0.3, -0.25) is 9.59 Å². The fourth-order valence-electron chi connectivity index (χ4n) is 1.33. The molecule has 1 aliphatic heterocycles. The minimum Gasteiger partial charge on any atom is -0.481 e. The lowest BCUT2D eigenvalue weighted by molar-refractivity contribution is -0.138. The Morgan fingerprint density at radius 3 is 2.59 bits per heavy atom. The van der Waals surface area contributed by atoms with Gasteiger partial charge >= 0.3 is 5.97 Å². The van der Waals surface area contributed by atoms with Crippen molar-refractivity contribution in [3.05, 3.63) is 12.2 Å². The third kappa shape index (κ3) is 6.03. The number of rotatable bonds is 9. The van der Waals surface area contributed by atoms with Crippen LogP contribution in [0.25, 0.3) is 0 Å². The molecule has 0 aromatic heterocycles. The summed E-state index contributed by atoms with van der Waals surface area (Å²) in [7, 11) is 0. The molecule has 0 bridgehead atoms. The molecular weight excluding hydrogens is 226 g/mol. The molecule has 0 radical (unpaired) electrons. The van der Waals surface area contributed by atoms with Crippen LogP contribution in [0, 0.1) is 0 Å². The Balaban J connectivity index is 1.85. The van der Waals surface area contributed by atoms with Crippen LogP contribution in [0.2, 0.25) is 0 Å². The average Bonchev–Trinajstić information content (AvgIpc) is 2.68. The largest absolute Gasteiger partial charge is 0.481 e. The molecule has 6 nitrogen and oxygen atoms in total. The summed E-state index contributed by atoms with van der Waals surface area (Å²) < 4.78 is 10.3. The van der Waals surface area contributed by atoms with Crippen molar-refractivity contribution in [1.82, 2.24) is 4.90 Å². The highest BCUT2D eigenvalue weighted by Gasteiger charge is 2.13. The zero-order valence-electron chi connectivity index (χ0n) is 9.63. The van der Waals surface area contributed by atoms with E-state index >= 15 is 0 Å². The van der Waals surface area contributed by atoms with Gasteiger partial charge in [0.15, 0.2) is 0 Å². The highest BCUT2D eigenvalue weighted by Crippen LogP contribution is 1.99. The van der Waals surface area contributed by atoms with Gasteiger partial charge in [-0.05, 0) is 0 Å². The highest BCUT2D eigenvalue weighted by molar-refractivity contribution is 5.89. The maximum absolute atomic E-state index is 11.1. The van der Waals surface area contributed by atoms with Crippen molar-refractivity contribution in [2.75, 3.05) is 39.5 Å². The Hall–Kier alpha value is -1.40. The summed E-state index contributed by atoms with van der Waals surface area (Å²) in [6.45, 7) is 2.68. The number of nitrogens with zero attached hydrogens (tertiary/aromatic N) is 1. The second kappa shape index (κ2) is 7.81. The van der Waals surface area contributed by atoms with Crippen molar-refractivity contribution in [3.63, 3.8) is 0 Å². The van der Waals surface area contributed by atoms with Crippen LogP contribution in [0.15, 0.2) is 12.2 Å². The zero-order chi connectivity index (χ0) is 12.5. The first-order valence-electron chi connectivity index (χ1n) is 5.53. The molecule has 96 valence electrons. The molecule has 0 aromatic carbocycles. The predicted octanol–water partition coefficient (Wildman–Crippen LogP) is -0.107. The lowest BCUT2D eigenvalue weighted by Crippen LogP contribution is -2.29. The molecule has 6 heteroatoms. The molecule has 1 N–H and O–H groups in total. The van der Waals surface area contributed by atoms with Crippen LogP contribution in [-0.2, 0) is 19.1 Å². The number of carboxylic acid groups (broad SMARTS) is 1. The van der Waals surface area contributed by atoms with Crippen molar-refractivity contribution in [3.8, 4) is 0 Å². The highest BCUT2D eigenvalue weighted by atomic mass is 16.5. The first kappa shape index (κ1) is 13.7. The number of amides is 1. The maximum Gasteiger partial charge on any atom is 0.305 e. The standard InChI is InChI=1S/C11H17NO5/c13-10-2-1-4-12(10)5-7-17-9-8-16-6-3-11(14)15/h1-2H,3-9H2,(H,14,15). The Morgan fingerprint density at radius 2 is 2.00 bits per heavy atom. The molecule has 0 aliphatic carbocycles. The molecule has 1 rings (SSSR count). The number of ether oxygens (including phenoxy) is 2. The van der Waals surface area contributed by atoms with Gasteiger partial charge in [0.25, 0.3) is 0 Å². The summed E-state index contributed by atoms with van der Waals surface area (Å²) in [4.78, 5) is 23.0. The van der Waals surface area contributed by atoms with Gasteiger partial charge in [-0.15, -0.1) is 0 Å². The van der Waals surface area contributed by atoms with Crippen molar-refractivity contribution >= 4 is 11.9 Å². The Labute approximate surface area is 99.8 Å². The van der Waals surface area contributed by atoms with Crippen molar-refractivity contribution in [1.29, 1.82) is 0 Å². The van der Waals surface area contributed by atoms with Gasteiger partial charge in [0.1, 0.15) is 0 Å². The molecule has 0 saturated carbocycles. The van der Waals surface area contributed by atoms with E-state index < -0.39 is 5.97 Å². The molecule has 1 heterocycles. The van der Waals surface area contributed by atoms with Crippen molar-refractivity contribution in [2.45, 2.75) is 6.42 Å². The lowest BCUT2D eigenvalue weighted by Gasteiger charge is -2.15. The number of hydrogen-bond donors (Lipinski definition) is 1. The Bertz CT molecular complexity index is 290. The van der Waals surface area contributed by atoms with Gasteiger partial charge in [-0.1, -0.05) is 6.08 Å². The molecular formula is C11H17NO5. The van der Waals surface area contributed by atoms with E-state index in [-0.39, 0.29) is 18.9 Å². The third-order valence-corrected chi connectivity index (χ3v) is 2.24. The molecule has 0 atom stereocenters. The summed E-state index contributed by atoms with van der Waals surface area (Å²) in [6, 6.07) is 0. The molecule has 0 unspecified atom stereocenters. The van der Waals surface area contributed by atoms with Gasteiger partial charge in [0, 0.05) is 19.2 Å². The predicted molar refractivity (Wildman–Crippen MR) is 59.6 cm³/mol. The molecule has 0 spiro atoms. The summed E-state index contributed by atoms with van der Waals surface area (Å²) in [5.74, 6) is -0.850. The Morgan fingerprint density at radius 1 is 1.29 bits per heavy atom. The molecule has 0 saturated heterocycles. The van der Waals surface area contributed by atoms with E-state index in [0.717, 1.165) is 0 Å². The fourth-order valence-corrected chi connectivity index (χ4v) is 1.33. The van der Waals surface area contributed by atoms with E-state index in [4.69, 9.17) is 14.6 Å². The van der Waals surface area contributed by atoms with E-state index in [9.17, 15) is 9.59 Å². The van der Waals surface area contributed by atoms with E-state index in [1.807, 2.05) is 6.08 Å². The van der Waals surface area contributed by atoms with Crippen molar-refractivity contribution in [2.24, 2.45) is 0 Å². The smallest absolute Gasteiger partial charge is 0.305 e. The SMILES string of the molecule is O=C(O)CCOCCOCCN1CC=CC1=O. The fraction of sp³-hybridized carbons (Fsp3) is 0.636. The lowest BCUT2D eigenvalue weighted by atomic mass is 10.5. The molecule has 1 aliphatic rings. The number of aliphatic carboxylic acids is 1. The van der Waals surface area contributed by atoms with Gasteiger partial charge in [0.2, 0.25) is 5.91 Å². The second-order valence-corrected chi connectivity index (χ2v) is 3.56.